The standard InChI is InChI=1S/C18H30N5O4P/c1-11(2)18(12(3)4,28(24,25)26)27-17(7-16(17,5)6)8-23-10-22-13-14(19)20-9-21-15(13)23/h9-12H,7-8H2,1-6H3,(H2,19,20,21)(H2,24,25,26). The van der Waals surface area contributed by atoms with Crippen LogP contribution in [0.25, 0.3) is 11.2 Å². The van der Waals surface area contributed by atoms with E-state index in [0.717, 1.165) is 0 Å². The van der Waals surface area contributed by atoms with Crippen molar-refractivity contribution in [1.29, 1.82) is 0 Å². The second kappa shape index (κ2) is 6.49. The molecule has 1 fully saturated rings. The highest BCUT2D eigenvalue weighted by Crippen LogP contribution is 2.68. The molecule has 1 aliphatic rings. The zero-order chi connectivity index (χ0) is 21.1. The third kappa shape index (κ3) is 3.05. The molecule has 0 saturated heterocycles. The summed E-state index contributed by atoms with van der Waals surface area (Å²) in [6.07, 6.45) is 3.67. The molecule has 2 aromatic heterocycles. The van der Waals surface area contributed by atoms with Crippen molar-refractivity contribution in [1.82, 2.24) is 19.5 Å². The summed E-state index contributed by atoms with van der Waals surface area (Å²) in [6.45, 7) is 11.6. The molecule has 0 spiro atoms. The summed E-state index contributed by atoms with van der Waals surface area (Å²) in [5, 5.41) is -1.58. The molecule has 1 aliphatic carbocycles. The monoisotopic (exact) mass is 411 g/mol. The van der Waals surface area contributed by atoms with Crippen molar-refractivity contribution in [2.75, 3.05) is 5.73 Å². The van der Waals surface area contributed by atoms with E-state index < -0.39 is 18.5 Å². The lowest BCUT2D eigenvalue weighted by molar-refractivity contribution is -0.136. The van der Waals surface area contributed by atoms with Crippen LogP contribution in [0.5, 0.6) is 0 Å². The van der Waals surface area contributed by atoms with Gasteiger partial charge in [-0.15, -0.1) is 0 Å². The molecule has 0 bridgehead atoms. The summed E-state index contributed by atoms with van der Waals surface area (Å²) in [7, 11) is -4.57. The minimum Gasteiger partial charge on any atom is -0.382 e. The summed E-state index contributed by atoms with van der Waals surface area (Å²) < 4.78 is 21.0. The molecule has 0 radical (unpaired) electrons. The van der Waals surface area contributed by atoms with Crippen LogP contribution in [0.15, 0.2) is 12.7 Å². The van der Waals surface area contributed by atoms with Gasteiger partial charge in [0.2, 0.25) is 0 Å². The van der Waals surface area contributed by atoms with E-state index in [-0.39, 0.29) is 17.3 Å². The zero-order valence-corrected chi connectivity index (χ0v) is 18.1. The quantitative estimate of drug-likeness (QED) is 0.592. The Kier molecular flexibility index (Phi) is 4.91. The van der Waals surface area contributed by atoms with Crippen molar-refractivity contribution in [3.05, 3.63) is 12.7 Å². The highest BCUT2D eigenvalue weighted by Gasteiger charge is 2.69. The first-order valence-electron chi connectivity index (χ1n) is 9.44. The molecular formula is C18H30N5O4P. The van der Waals surface area contributed by atoms with Gasteiger partial charge < -0.3 is 24.8 Å². The van der Waals surface area contributed by atoms with Gasteiger partial charge in [0, 0.05) is 0 Å². The van der Waals surface area contributed by atoms with E-state index in [2.05, 4.69) is 15.0 Å². The minimum atomic E-state index is -4.57. The molecule has 1 atom stereocenters. The molecule has 2 heterocycles. The van der Waals surface area contributed by atoms with Crippen LogP contribution in [0.3, 0.4) is 0 Å². The van der Waals surface area contributed by atoms with Gasteiger partial charge in [-0.05, 0) is 23.7 Å². The largest absolute Gasteiger partial charge is 0.382 e. The van der Waals surface area contributed by atoms with E-state index in [0.29, 0.717) is 29.9 Å². The number of imidazole rings is 1. The predicted molar refractivity (Wildman–Crippen MR) is 106 cm³/mol. The molecule has 9 nitrogen and oxygen atoms in total. The Morgan fingerprint density at radius 1 is 1.25 bits per heavy atom. The Balaban J connectivity index is 2.06. The molecule has 1 unspecified atom stereocenters. The van der Waals surface area contributed by atoms with Crippen molar-refractivity contribution < 1.29 is 19.1 Å². The highest BCUT2D eigenvalue weighted by molar-refractivity contribution is 7.53. The Labute approximate surface area is 164 Å². The number of aromatic nitrogens is 4. The van der Waals surface area contributed by atoms with Crippen molar-refractivity contribution >= 4 is 24.6 Å². The van der Waals surface area contributed by atoms with Gasteiger partial charge in [0.15, 0.2) is 16.8 Å². The summed E-state index contributed by atoms with van der Waals surface area (Å²) in [5.74, 6) is -0.457. The summed E-state index contributed by atoms with van der Waals surface area (Å²) in [6, 6.07) is 0. The van der Waals surface area contributed by atoms with Crippen LogP contribution in [0.4, 0.5) is 5.82 Å². The lowest BCUT2D eigenvalue weighted by Crippen LogP contribution is -2.49. The van der Waals surface area contributed by atoms with Gasteiger partial charge in [0.1, 0.15) is 11.8 Å². The molecule has 3 rings (SSSR count). The van der Waals surface area contributed by atoms with Crippen molar-refractivity contribution in [3.8, 4) is 0 Å². The normalized spacial score (nSPS) is 22.4. The summed E-state index contributed by atoms with van der Waals surface area (Å²) >= 11 is 0. The average molecular weight is 411 g/mol. The maximum absolute atomic E-state index is 12.6. The number of rotatable bonds is 7. The fraction of sp³-hybridized carbons (Fsp3) is 0.722. The molecule has 2 aromatic rings. The van der Waals surface area contributed by atoms with E-state index in [9.17, 15) is 14.4 Å². The maximum atomic E-state index is 12.6. The first-order chi connectivity index (χ1) is 12.8. The molecule has 0 aliphatic heterocycles. The molecular weight excluding hydrogens is 381 g/mol. The van der Waals surface area contributed by atoms with Crippen LogP contribution in [0, 0.1) is 17.3 Å². The van der Waals surface area contributed by atoms with Crippen molar-refractivity contribution in [2.45, 2.75) is 65.5 Å². The lowest BCUT2D eigenvalue weighted by Gasteiger charge is -2.44. The fourth-order valence-electron chi connectivity index (χ4n) is 4.38. The maximum Gasteiger partial charge on any atom is 0.357 e. The first kappa shape index (κ1) is 21.2. The predicted octanol–water partition coefficient (Wildman–Crippen LogP) is 2.78. The van der Waals surface area contributed by atoms with E-state index in [1.165, 1.54) is 6.33 Å². The number of hydrogen-bond acceptors (Lipinski definition) is 6. The first-order valence-corrected chi connectivity index (χ1v) is 11.1. The van der Waals surface area contributed by atoms with E-state index in [4.69, 9.17) is 10.5 Å². The molecule has 0 aromatic carbocycles. The van der Waals surface area contributed by atoms with Crippen LogP contribution in [0.1, 0.15) is 48.0 Å². The number of fused-ring (bicyclic) bond motifs is 1. The third-order valence-corrected chi connectivity index (χ3v) is 8.19. The number of nitrogen functional groups attached to an aromatic ring is 1. The van der Waals surface area contributed by atoms with E-state index in [1.54, 1.807) is 34.0 Å². The van der Waals surface area contributed by atoms with E-state index in [1.807, 2.05) is 18.4 Å². The van der Waals surface area contributed by atoms with Gasteiger partial charge in [-0.2, -0.15) is 0 Å². The van der Waals surface area contributed by atoms with Crippen molar-refractivity contribution in [2.24, 2.45) is 17.3 Å². The zero-order valence-electron chi connectivity index (χ0n) is 17.2. The number of ether oxygens (including phenoxy) is 1. The van der Waals surface area contributed by atoms with Crippen LogP contribution in [-0.2, 0) is 15.8 Å². The Morgan fingerprint density at radius 2 is 1.82 bits per heavy atom. The smallest absolute Gasteiger partial charge is 0.357 e. The molecule has 4 N–H and O–H groups in total. The minimum absolute atomic E-state index is 0.258. The van der Waals surface area contributed by atoms with Gasteiger partial charge >= 0.3 is 7.60 Å². The molecule has 10 heteroatoms. The number of hydrogen-bond donors (Lipinski definition) is 3. The lowest BCUT2D eigenvalue weighted by atomic mass is 9.94. The SMILES string of the molecule is CC(C)C(OC1(Cn2cnc3c(N)ncnc32)CC1(C)C)(C(C)C)P(=O)(O)O. The Bertz CT molecular complexity index is 927. The van der Waals surface area contributed by atoms with Gasteiger partial charge in [-0.25, -0.2) is 15.0 Å². The summed E-state index contributed by atoms with van der Waals surface area (Å²) in [4.78, 5) is 33.1. The van der Waals surface area contributed by atoms with E-state index >= 15 is 0 Å². The van der Waals surface area contributed by atoms with Crippen molar-refractivity contribution in [3.63, 3.8) is 0 Å². The average Bonchev–Trinajstić information content (AvgIpc) is 2.86. The number of nitrogens with two attached hydrogens (primary N) is 1. The Hall–Kier alpha value is -1.54. The summed E-state index contributed by atoms with van der Waals surface area (Å²) in [5.41, 5.74) is 5.95. The molecule has 28 heavy (non-hydrogen) atoms. The third-order valence-electron chi connectivity index (χ3n) is 6.16. The molecule has 0 amide bonds. The van der Waals surface area contributed by atoms with Crippen LogP contribution in [0.2, 0.25) is 0 Å². The highest BCUT2D eigenvalue weighted by atomic mass is 31.2. The number of anilines is 1. The second-order valence-electron chi connectivity index (χ2n) is 9.07. The van der Waals surface area contributed by atoms with Gasteiger partial charge in [0.05, 0.1) is 18.5 Å². The topological polar surface area (TPSA) is 136 Å². The van der Waals surface area contributed by atoms with Gasteiger partial charge in [0.25, 0.3) is 0 Å². The fourth-order valence-corrected chi connectivity index (χ4v) is 6.02. The van der Waals surface area contributed by atoms with Gasteiger partial charge in [-0.1, -0.05) is 41.5 Å². The van der Waals surface area contributed by atoms with Crippen LogP contribution in [-0.4, -0.2) is 40.2 Å². The second-order valence-corrected chi connectivity index (χ2v) is 10.9. The molecule has 1 saturated carbocycles. The Morgan fingerprint density at radius 3 is 2.29 bits per heavy atom. The van der Waals surface area contributed by atoms with Crippen LogP contribution < -0.4 is 5.73 Å². The number of nitrogens with zero attached hydrogens (tertiary/aromatic N) is 4. The molecule has 156 valence electrons. The van der Waals surface area contributed by atoms with Crippen LogP contribution >= 0.6 is 7.60 Å². The van der Waals surface area contributed by atoms with Gasteiger partial charge in [-0.3, -0.25) is 4.57 Å².